The fourth-order valence-corrected chi connectivity index (χ4v) is 2.50. The Morgan fingerprint density at radius 3 is 2.76 bits per heavy atom. The van der Waals surface area contributed by atoms with Crippen LogP contribution in [-0.2, 0) is 7.05 Å². The van der Waals surface area contributed by atoms with Crippen LogP contribution < -0.4 is 0 Å². The van der Waals surface area contributed by atoms with Gasteiger partial charge in [-0.2, -0.15) is 0 Å². The number of aliphatic hydroxyl groups excluding tert-OH is 1. The van der Waals surface area contributed by atoms with E-state index < -0.39 is 6.10 Å². The maximum Gasteiger partial charge on any atom is 0.137 e. The van der Waals surface area contributed by atoms with E-state index in [9.17, 15) is 5.11 Å². The van der Waals surface area contributed by atoms with Gasteiger partial charge in [0.25, 0.3) is 0 Å². The first-order chi connectivity index (χ1) is 8.27. The molecule has 1 aromatic carbocycles. The van der Waals surface area contributed by atoms with Crippen molar-refractivity contribution in [2.75, 3.05) is 0 Å². The number of rotatable bonds is 3. The molecule has 1 heterocycles. The molecule has 0 aliphatic heterocycles. The van der Waals surface area contributed by atoms with Crippen LogP contribution in [-0.4, -0.2) is 14.7 Å². The number of aromatic nitrogens is 2. The van der Waals surface area contributed by atoms with Crippen LogP contribution in [0.4, 0.5) is 0 Å². The van der Waals surface area contributed by atoms with E-state index in [0.29, 0.717) is 11.8 Å². The molecule has 1 N–H and O–H groups in total. The van der Waals surface area contributed by atoms with Gasteiger partial charge in [-0.1, -0.05) is 30.3 Å². The van der Waals surface area contributed by atoms with Gasteiger partial charge in [-0.05, 0) is 23.8 Å². The second kappa shape index (κ2) is 4.00. The molecule has 0 amide bonds. The summed E-state index contributed by atoms with van der Waals surface area (Å²) in [4.78, 5) is 4.22. The summed E-state index contributed by atoms with van der Waals surface area (Å²) in [6.45, 7) is 0. The Morgan fingerprint density at radius 1 is 1.35 bits per heavy atom. The van der Waals surface area contributed by atoms with Crippen LogP contribution in [0.15, 0.2) is 42.7 Å². The van der Waals surface area contributed by atoms with Crippen molar-refractivity contribution in [2.45, 2.75) is 18.4 Å². The molecule has 0 spiro atoms. The average Bonchev–Trinajstić information content (AvgIpc) is 3.05. The maximum absolute atomic E-state index is 10.3. The molecule has 0 radical (unpaired) electrons. The molecule has 2 aromatic rings. The standard InChI is InChI=1S/C14H16N2O/c1-16-8-7-15-14(16)13(17)12-9-11(12)10-5-3-2-4-6-10/h2-8,11-13,17H,9H2,1H3. The fourth-order valence-electron chi connectivity index (χ4n) is 2.50. The Kier molecular flexibility index (Phi) is 2.48. The number of aryl methyl sites for hydroxylation is 1. The highest BCUT2D eigenvalue weighted by molar-refractivity contribution is 5.27. The van der Waals surface area contributed by atoms with Crippen LogP contribution in [0.25, 0.3) is 0 Å². The molecule has 1 saturated carbocycles. The number of benzene rings is 1. The smallest absolute Gasteiger partial charge is 0.137 e. The number of nitrogens with zero attached hydrogens (tertiary/aromatic N) is 2. The van der Waals surface area contributed by atoms with Gasteiger partial charge in [-0.3, -0.25) is 0 Å². The Balaban J connectivity index is 1.75. The second-order valence-electron chi connectivity index (χ2n) is 4.76. The van der Waals surface area contributed by atoms with Gasteiger partial charge in [0, 0.05) is 19.4 Å². The van der Waals surface area contributed by atoms with E-state index in [-0.39, 0.29) is 0 Å². The van der Waals surface area contributed by atoms with Crippen molar-refractivity contribution < 1.29 is 5.11 Å². The molecular weight excluding hydrogens is 212 g/mol. The zero-order chi connectivity index (χ0) is 11.8. The monoisotopic (exact) mass is 228 g/mol. The molecule has 1 aliphatic rings. The molecule has 88 valence electrons. The lowest BCUT2D eigenvalue weighted by molar-refractivity contribution is 0.138. The quantitative estimate of drug-likeness (QED) is 0.875. The summed E-state index contributed by atoms with van der Waals surface area (Å²) in [6.07, 6.45) is 4.22. The summed E-state index contributed by atoms with van der Waals surface area (Å²) in [5, 5.41) is 10.3. The first-order valence-corrected chi connectivity index (χ1v) is 5.97. The van der Waals surface area contributed by atoms with Crippen molar-refractivity contribution in [1.29, 1.82) is 0 Å². The van der Waals surface area contributed by atoms with E-state index in [1.807, 2.05) is 23.9 Å². The Bertz CT molecular complexity index is 506. The maximum atomic E-state index is 10.3. The molecule has 1 aliphatic carbocycles. The number of hydrogen-bond acceptors (Lipinski definition) is 2. The van der Waals surface area contributed by atoms with Gasteiger partial charge in [0.05, 0.1) is 0 Å². The number of aliphatic hydroxyl groups is 1. The van der Waals surface area contributed by atoms with Gasteiger partial charge in [0.2, 0.25) is 0 Å². The first-order valence-electron chi connectivity index (χ1n) is 5.97. The van der Waals surface area contributed by atoms with Gasteiger partial charge >= 0.3 is 0 Å². The van der Waals surface area contributed by atoms with E-state index in [0.717, 1.165) is 12.2 Å². The lowest BCUT2D eigenvalue weighted by atomic mass is 10.1. The van der Waals surface area contributed by atoms with Crippen LogP contribution in [0.5, 0.6) is 0 Å². The van der Waals surface area contributed by atoms with E-state index in [4.69, 9.17) is 0 Å². The van der Waals surface area contributed by atoms with E-state index in [1.165, 1.54) is 5.56 Å². The van der Waals surface area contributed by atoms with Crippen LogP contribution in [0.1, 0.15) is 29.8 Å². The van der Waals surface area contributed by atoms with E-state index in [2.05, 4.69) is 29.2 Å². The Morgan fingerprint density at radius 2 is 2.12 bits per heavy atom. The normalized spacial score (nSPS) is 24.6. The van der Waals surface area contributed by atoms with Gasteiger partial charge in [0.1, 0.15) is 11.9 Å². The highest BCUT2D eigenvalue weighted by atomic mass is 16.3. The molecule has 3 nitrogen and oxygen atoms in total. The molecule has 1 fully saturated rings. The molecule has 1 aromatic heterocycles. The minimum atomic E-state index is -0.444. The van der Waals surface area contributed by atoms with Crippen molar-refractivity contribution in [3.8, 4) is 0 Å². The zero-order valence-electron chi connectivity index (χ0n) is 9.82. The number of hydrogen-bond donors (Lipinski definition) is 1. The fraction of sp³-hybridized carbons (Fsp3) is 0.357. The largest absolute Gasteiger partial charge is 0.385 e. The lowest BCUT2D eigenvalue weighted by Gasteiger charge is -2.10. The highest BCUT2D eigenvalue weighted by Crippen LogP contribution is 2.53. The topological polar surface area (TPSA) is 38.0 Å². The third kappa shape index (κ3) is 1.87. The molecule has 3 heteroatoms. The summed E-state index contributed by atoms with van der Waals surface area (Å²) >= 11 is 0. The summed E-state index contributed by atoms with van der Waals surface area (Å²) < 4.78 is 1.89. The van der Waals surface area contributed by atoms with Gasteiger partial charge < -0.3 is 9.67 Å². The summed E-state index contributed by atoms with van der Waals surface area (Å²) in [5.74, 6) is 1.58. The minimum absolute atomic E-state index is 0.318. The molecule has 3 rings (SSSR count). The first kappa shape index (κ1) is 10.5. The van der Waals surface area contributed by atoms with E-state index in [1.54, 1.807) is 6.20 Å². The Labute approximate surface area is 101 Å². The predicted molar refractivity (Wildman–Crippen MR) is 65.5 cm³/mol. The van der Waals surface area contributed by atoms with Gasteiger partial charge in [0.15, 0.2) is 0 Å². The third-order valence-electron chi connectivity index (χ3n) is 3.60. The van der Waals surface area contributed by atoms with Crippen LogP contribution in [0.3, 0.4) is 0 Å². The lowest BCUT2D eigenvalue weighted by Crippen LogP contribution is -2.08. The molecule has 0 saturated heterocycles. The summed E-state index contributed by atoms with van der Waals surface area (Å²) in [6, 6.07) is 10.4. The van der Waals surface area contributed by atoms with Crippen molar-refractivity contribution >= 4 is 0 Å². The SMILES string of the molecule is Cn1ccnc1C(O)C1CC1c1ccccc1. The highest BCUT2D eigenvalue weighted by Gasteiger charge is 2.44. The van der Waals surface area contributed by atoms with Crippen molar-refractivity contribution in [3.05, 3.63) is 54.1 Å². The predicted octanol–water partition coefficient (Wildman–Crippen LogP) is 2.26. The van der Waals surface area contributed by atoms with E-state index >= 15 is 0 Å². The Hall–Kier alpha value is -1.61. The van der Waals surface area contributed by atoms with Gasteiger partial charge in [-0.25, -0.2) is 4.98 Å². The average molecular weight is 228 g/mol. The zero-order valence-corrected chi connectivity index (χ0v) is 9.82. The molecule has 17 heavy (non-hydrogen) atoms. The molecule has 3 atom stereocenters. The molecule has 3 unspecified atom stereocenters. The summed E-state index contributed by atoms with van der Waals surface area (Å²) in [7, 11) is 1.92. The third-order valence-corrected chi connectivity index (χ3v) is 3.60. The molecular formula is C14H16N2O. The molecule has 0 bridgehead atoms. The van der Waals surface area contributed by atoms with Crippen LogP contribution in [0, 0.1) is 5.92 Å². The van der Waals surface area contributed by atoms with Crippen molar-refractivity contribution in [1.82, 2.24) is 9.55 Å². The van der Waals surface area contributed by atoms with Gasteiger partial charge in [-0.15, -0.1) is 0 Å². The van der Waals surface area contributed by atoms with Crippen molar-refractivity contribution in [2.24, 2.45) is 13.0 Å². The van der Waals surface area contributed by atoms with Crippen LogP contribution in [0.2, 0.25) is 0 Å². The minimum Gasteiger partial charge on any atom is -0.385 e. The van der Waals surface area contributed by atoms with Crippen LogP contribution >= 0.6 is 0 Å². The second-order valence-corrected chi connectivity index (χ2v) is 4.76. The summed E-state index contributed by atoms with van der Waals surface area (Å²) in [5.41, 5.74) is 1.32. The number of imidazole rings is 1. The van der Waals surface area contributed by atoms with Crippen molar-refractivity contribution in [3.63, 3.8) is 0 Å².